The molecule has 4 rings (SSSR count). The van der Waals surface area contributed by atoms with E-state index in [-0.39, 0.29) is 18.4 Å². The van der Waals surface area contributed by atoms with Crippen LogP contribution in [-0.4, -0.2) is 58.5 Å². The predicted molar refractivity (Wildman–Crippen MR) is 106 cm³/mol. The topological polar surface area (TPSA) is 58.5 Å². The Morgan fingerprint density at radius 2 is 1.93 bits per heavy atom. The van der Waals surface area contributed by atoms with Crippen LogP contribution in [0, 0.1) is 0 Å². The second kappa shape index (κ2) is 8.00. The van der Waals surface area contributed by atoms with Crippen molar-refractivity contribution in [2.45, 2.75) is 75.3 Å². The molecule has 0 aliphatic heterocycles. The van der Waals surface area contributed by atoms with Crippen molar-refractivity contribution in [2.24, 2.45) is 0 Å². The van der Waals surface area contributed by atoms with Crippen LogP contribution in [0.15, 0.2) is 6.33 Å². The lowest BCUT2D eigenvalue weighted by Crippen LogP contribution is -2.35. The molecule has 2 atom stereocenters. The summed E-state index contributed by atoms with van der Waals surface area (Å²) in [6.07, 6.45) is -0.459. The van der Waals surface area contributed by atoms with Gasteiger partial charge in [-0.05, 0) is 70.5 Å². The van der Waals surface area contributed by atoms with Gasteiger partial charge in [0.25, 0.3) is 0 Å². The number of fused-ring (bicyclic) bond motifs is 3. The smallest absolute Gasteiger partial charge is 0.414 e. The van der Waals surface area contributed by atoms with Gasteiger partial charge in [0.05, 0.1) is 5.39 Å². The maximum Gasteiger partial charge on any atom is 0.414 e. The molecule has 2 aliphatic carbocycles. The quantitative estimate of drug-likeness (QED) is 0.769. The Kier molecular flexibility index (Phi) is 5.74. The second-order valence-corrected chi connectivity index (χ2v) is 9.42. The molecule has 2 aromatic heterocycles. The second-order valence-electron chi connectivity index (χ2n) is 8.34. The van der Waals surface area contributed by atoms with Crippen molar-refractivity contribution in [1.29, 1.82) is 0 Å². The number of ether oxygens (including phenoxy) is 1. The number of halogens is 3. The minimum Gasteiger partial charge on any atom is -0.474 e. The molecule has 0 aromatic carbocycles. The van der Waals surface area contributed by atoms with Gasteiger partial charge in [-0.15, -0.1) is 11.3 Å². The number of nitrogens with zero attached hydrogens (tertiary/aromatic N) is 3. The zero-order valence-corrected chi connectivity index (χ0v) is 17.4. The van der Waals surface area contributed by atoms with Crippen LogP contribution in [0.5, 0.6) is 5.88 Å². The van der Waals surface area contributed by atoms with Crippen molar-refractivity contribution in [2.75, 3.05) is 14.1 Å². The normalized spacial score (nSPS) is 26.1. The first-order chi connectivity index (χ1) is 13.7. The fourth-order valence-electron chi connectivity index (χ4n) is 4.61. The lowest BCUT2D eigenvalue weighted by molar-refractivity contribution is -0.206. The molecule has 0 radical (unpaired) electrons. The first-order valence-electron chi connectivity index (χ1n) is 10.1. The average molecular weight is 430 g/mol. The number of aliphatic hydroxyl groups excluding tert-OH is 1. The minimum absolute atomic E-state index is 0.0560. The molecule has 29 heavy (non-hydrogen) atoms. The Morgan fingerprint density at radius 3 is 2.59 bits per heavy atom. The third-order valence-electron chi connectivity index (χ3n) is 6.23. The number of hydrogen-bond acceptors (Lipinski definition) is 6. The number of alkyl halides is 3. The van der Waals surface area contributed by atoms with Crippen LogP contribution in [0.25, 0.3) is 10.2 Å². The zero-order chi connectivity index (χ0) is 20.8. The maximum absolute atomic E-state index is 12.9. The van der Waals surface area contributed by atoms with E-state index < -0.39 is 12.3 Å². The van der Waals surface area contributed by atoms with Crippen molar-refractivity contribution in [3.8, 4) is 5.88 Å². The molecule has 2 aromatic rings. The lowest BCUT2D eigenvalue weighted by atomic mass is 9.92. The number of aromatic nitrogens is 2. The van der Waals surface area contributed by atoms with Crippen molar-refractivity contribution in [1.82, 2.24) is 14.9 Å². The Balaban J connectivity index is 1.57. The summed E-state index contributed by atoms with van der Waals surface area (Å²) < 4.78 is 44.9. The van der Waals surface area contributed by atoms with Crippen molar-refractivity contribution in [3.63, 3.8) is 0 Å². The zero-order valence-electron chi connectivity index (χ0n) is 16.6. The highest BCUT2D eigenvalue weighted by Crippen LogP contribution is 2.48. The lowest BCUT2D eigenvalue weighted by Gasteiger charge is -2.32. The first kappa shape index (κ1) is 20.8. The molecular weight excluding hydrogens is 403 g/mol. The molecule has 1 saturated carbocycles. The van der Waals surface area contributed by atoms with E-state index in [0.717, 1.165) is 46.3 Å². The third kappa shape index (κ3) is 4.22. The van der Waals surface area contributed by atoms with Crippen LogP contribution < -0.4 is 4.74 Å². The van der Waals surface area contributed by atoms with Crippen LogP contribution >= 0.6 is 11.3 Å². The van der Waals surface area contributed by atoms with Crippen molar-refractivity contribution in [3.05, 3.63) is 16.8 Å². The van der Waals surface area contributed by atoms with E-state index >= 15 is 0 Å². The summed E-state index contributed by atoms with van der Waals surface area (Å²) >= 11 is 1.50. The fraction of sp³-hybridized carbons (Fsp3) is 0.700. The number of aliphatic hydroxyl groups is 1. The van der Waals surface area contributed by atoms with Gasteiger partial charge < -0.3 is 14.7 Å². The minimum atomic E-state index is -4.60. The van der Waals surface area contributed by atoms with E-state index in [9.17, 15) is 18.3 Å². The highest BCUT2D eigenvalue weighted by Gasteiger charge is 2.42. The molecule has 0 bridgehead atoms. The Labute approximate surface area is 171 Å². The molecule has 0 amide bonds. The number of aryl methyl sites for hydroxylation is 1. The molecule has 160 valence electrons. The average Bonchev–Trinajstić information content (AvgIpc) is 3.21. The van der Waals surface area contributed by atoms with E-state index in [0.29, 0.717) is 24.8 Å². The first-order valence-corrected chi connectivity index (χ1v) is 10.9. The van der Waals surface area contributed by atoms with E-state index in [2.05, 4.69) is 29.0 Å². The maximum atomic E-state index is 12.9. The van der Waals surface area contributed by atoms with E-state index in [1.54, 1.807) is 0 Å². The predicted octanol–water partition coefficient (Wildman–Crippen LogP) is 4.29. The summed E-state index contributed by atoms with van der Waals surface area (Å²) in [7, 11) is 4.17. The van der Waals surface area contributed by atoms with Gasteiger partial charge in [-0.3, -0.25) is 0 Å². The standard InChI is InChI=1S/C20H26F3N3O2S/c1-26(2)12-4-6-13(7-5-12)28-18-17-16-11(9-15(27)20(21,22)23)3-8-14(16)29-19(17)25-10-24-18/h10-13,15,27H,3-9H2,1-2H3/t11-,12-,13-,15-/m1/s1. The molecule has 0 unspecified atom stereocenters. The molecule has 2 heterocycles. The number of thiophene rings is 1. The summed E-state index contributed by atoms with van der Waals surface area (Å²) in [4.78, 5) is 12.7. The Hall–Kier alpha value is -1.45. The SMILES string of the molecule is CN(C)[C@H]1CC[C@H](Oc2ncnc3sc4c(c23)[C@@H](C[C@@H](O)C(F)(F)F)CC4)CC1. The summed E-state index contributed by atoms with van der Waals surface area (Å²) in [6, 6.07) is 0.555. The third-order valence-corrected chi connectivity index (χ3v) is 7.41. The molecule has 9 heteroatoms. The highest BCUT2D eigenvalue weighted by atomic mass is 32.1. The van der Waals surface area contributed by atoms with Crippen LogP contribution in [0.2, 0.25) is 0 Å². The molecule has 1 fully saturated rings. The van der Waals surface area contributed by atoms with E-state index in [4.69, 9.17) is 4.74 Å². The largest absolute Gasteiger partial charge is 0.474 e. The van der Waals surface area contributed by atoms with Gasteiger partial charge in [0.2, 0.25) is 5.88 Å². The molecule has 1 N–H and O–H groups in total. The van der Waals surface area contributed by atoms with Crippen LogP contribution in [0.1, 0.15) is 54.9 Å². The molecule has 0 saturated heterocycles. The van der Waals surface area contributed by atoms with Gasteiger partial charge in [0, 0.05) is 10.9 Å². The highest BCUT2D eigenvalue weighted by molar-refractivity contribution is 7.19. The summed E-state index contributed by atoms with van der Waals surface area (Å²) in [5.41, 5.74) is 0.853. The van der Waals surface area contributed by atoms with Gasteiger partial charge in [-0.1, -0.05) is 0 Å². The van der Waals surface area contributed by atoms with E-state index in [1.165, 1.54) is 17.7 Å². The fourth-order valence-corrected chi connectivity index (χ4v) is 5.84. The van der Waals surface area contributed by atoms with Gasteiger partial charge in [0.1, 0.15) is 23.4 Å². The van der Waals surface area contributed by atoms with Crippen molar-refractivity contribution >= 4 is 21.6 Å². The summed E-state index contributed by atoms with van der Waals surface area (Å²) in [6.45, 7) is 0. The van der Waals surface area contributed by atoms with E-state index in [1.807, 2.05) is 0 Å². The molecule has 5 nitrogen and oxygen atoms in total. The Morgan fingerprint density at radius 1 is 1.21 bits per heavy atom. The van der Waals surface area contributed by atoms with Gasteiger partial charge in [-0.25, -0.2) is 9.97 Å². The summed E-state index contributed by atoms with van der Waals surface area (Å²) in [5, 5.41) is 10.3. The van der Waals surface area contributed by atoms with Crippen LogP contribution in [-0.2, 0) is 6.42 Å². The molecule has 2 aliphatic rings. The Bertz CT molecular complexity index is 863. The van der Waals surface area contributed by atoms with Crippen molar-refractivity contribution < 1.29 is 23.0 Å². The van der Waals surface area contributed by atoms with Crippen LogP contribution in [0.4, 0.5) is 13.2 Å². The van der Waals surface area contributed by atoms with Crippen LogP contribution in [0.3, 0.4) is 0 Å². The number of hydrogen-bond donors (Lipinski definition) is 1. The monoisotopic (exact) mass is 429 g/mol. The molecule has 0 spiro atoms. The number of rotatable bonds is 5. The van der Waals surface area contributed by atoms with Gasteiger partial charge >= 0.3 is 6.18 Å². The van der Waals surface area contributed by atoms with Gasteiger partial charge in [-0.2, -0.15) is 13.2 Å². The summed E-state index contributed by atoms with van der Waals surface area (Å²) in [5.74, 6) is 0.127. The van der Waals surface area contributed by atoms with Gasteiger partial charge in [0.15, 0.2) is 0 Å². The molecular formula is C20H26F3N3O2S.